The lowest BCUT2D eigenvalue weighted by Crippen LogP contribution is -2.39. The molecular weight excluding hydrogens is 416 g/mol. The fraction of sp³-hybridized carbons (Fsp3) is 0.174. The van der Waals surface area contributed by atoms with Gasteiger partial charge in [-0.25, -0.2) is 9.79 Å². The normalized spacial score (nSPS) is 17.0. The van der Waals surface area contributed by atoms with Crippen molar-refractivity contribution in [2.45, 2.75) is 19.9 Å². The predicted octanol–water partition coefficient (Wildman–Crippen LogP) is 3.52. The van der Waals surface area contributed by atoms with Crippen molar-refractivity contribution < 1.29 is 9.53 Å². The molecule has 0 radical (unpaired) electrons. The highest BCUT2D eigenvalue weighted by molar-refractivity contribution is 7.10. The molecular formula is C23H20N2O3S2. The number of hydrogen-bond acceptors (Lipinski definition) is 6. The molecule has 4 rings (SSSR count). The molecule has 0 N–H and O–H groups in total. The molecule has 0 spiro atoms. The summed E-state index contributed by atoms with van der Waals surface area (Å²) in [5.74, 6) is -0.468. The van der Waals surface area contributed by atoms with Crippen LogP contribution in [0.2, 0.25) is 0 Å². The first-order valence-electron chi connectivity index (χ1n) is 9.37. The maximum Gasteiger partial charge on any atom is 0.338 e. The number of fused-ring (bicyclic) bond motifs is 1. The van der Waals surface area contributed by atoms with E-state index in [9.17, 15) is 9.59 Å². The second-order valence-electron chi connectivity index (χ2n) is 6.89. The molecule has 0 aliphatic carbocycles. The molecule has 3 heterocycles. The molecule has 2 aromatic heterocycles. The van der Waals surface area contributed by atoms with Crippen LogP contribution in [0.1, 0.15) is 30.3 Å². The summed E-state index contributed by atoms with van der Waals surface area (Å²) >= 11 is 2.83. The Morgan fingerprint density at radius 2 is 1.97 bits per heavy atom. The van der Waals surface area contributed by atoms with Gasteiger partial charge in [-0.05, 0) is 42.5 Å². The van der Waals surface area contributed by atoms with Crippen LogP contribution in [0, 0.1) is 0 Å². The Morgan fingerprint density at radius 3 is 2.63 bits per heavy atom. The first kappa shape index (κ1) is 20.3. The lowest BCUT2D eigenvalue weighted by Gasteiger charge is -2.22. The second kappa shape index (κ2) is 8.38. The van der Waals surface area contributed by atoms with Crippen molar-refractivity contribution in [2.24, 2.45) is 4.99 Å². The van der Waals surface area contributed by atoms with Crippen LogP contribution in [0.15, 0.2) is 74.5 Å². The van der Waals surface area contributed by atoms with Crippen molar-refractivity contribution >= 4 is 40.8 Å². The highest BCUT2D eigenvalue weighted by Crippen LogP contribution is 2.32. The zero-order valence-corrected chi connectivity index (χ0v) is 18.4. The predicted molar refractivity (Wildman–Crippen MR) is 121 cm³/mol. The molecule has 0 amide bonds. The van der Waals surface area contributed by atoms with E-state index in [1.807, 2.05) is 66.9 Å². The van der Waals surface area contributed by atoms with Gasteiger partial charge in [0.2, 0.25) is 0 Å². The molecule has 152 valence electrons. The largest absolute Gasteiger partial charge is 0.466 e. The number of benzene rings is 1. The lowest BCUT2D eigenvalue weighted by molar-refractivity contribution is -0.136. The zero-order chi connectivity index (χ0) is 21.3. The summed E-state index contributed by atoms with van der Waals surface area (Å²) < 4.78 is 7.19. The van der Waals surface area contributed by atoms with E-state index in [1.54, 1.807) is 11.5 Å². The van der Waals surface area contributed by atoms with Crippen molar-refractivity contribution in [1.82, 2.24) is 4.57 Å². The molecule has 5 nitrogen and oxygen atoms in total. The number of nitrogens with zero attached hydrogens (tertiary/aromatic N) is 2. The van der Waals surface area contributed by atoms with Gasteiger partial charge in [-0.15, -0.1) is 11.3 Å². The monoisotopic (exact) mass is 436 g/mol. The minimum Gasteiger partial charge on any atom is -0.466 e. The summed E-state index contributed by atoms with van der Waals surface area (Å²) in [5.41, 5.74) is 2.84. The number of methoxy groups -OCH3 is 1. The third-order valence-electron chi connectivity index (χ3n) is 4.79. The molecule has 30 heavy (non-hydrogen) atoms. The van der Waals surface area contributed by atoms with Gasteiger partial charge >= 0.3 is 5.97 Å². The molecule has 0 fully saturated rings. The van der Waals surface area contributed by atoms with E-state index in [0.717, 1.165) is 16.0 Å². The van der Waals surface area contributed by atoms with Crippen LogP contribution in [0.5, 0.6) is 0 Å². The van der Waals surface area contributed by atoms with Crippen LogP contribution in [0.3, 0.4) is 0 Å². The molecule has 3 aromatic rings. The SMILES string of the molecule is COC(=O)C1=C(C)N=c2sc(=CC(C)=Cc3ccccc3)c(=O)n2C1c1cccs1. The maximum absolute atomic E-state index is 13.4. The van der Waals surface area contributed by atoms with Gasteiger partial charge in [0.15, 0.2) is 4.80 Å². The molecule has 1 atom stereocenters. The summed E-state index contributed by atoms with van der Waals surface area (Å²) in [6.45, 7) is 3.75. The van der Waals surface area contributed by atoms with Crippen LogP contribution in [0.4, 0.5) is 0 Å². The van der Waals surface area contributed by atoms with Gasteiger partial charge in [-0.1, -0.05) is 53.8 Å². The van der Waals surface area contributed by atoms with Gasteiger partial charge in [-0.2, -0.15) is 0 Å². The Hall–Kier alpha value is -3.03. The quantitative estimate of drug-likeness (QED) is 0.588. The van der Waals surface area contributed by atoms with Gasteiger partial charge < -0.3 is 4.74 Å². The van der Waals surface area contributed by atoms with Crippen LogP contribution in [-0.4, -0.2) is 17.6 Å². The number of carbonyl (C=O) groups is 1. The maximum atomic E-state index is 13.4. The Kier molecular flexibility index (Phi) is 5.65. The first-order valence-corrected chi connectivity index (χ1v) is 11.1. The van der Waals surface area contributed by atoms with Gasteiger partial charge in [0.05, 0.1) is 22.9 Å². The van der Waals surface area contributed by atoms with Crippen LogP contribution >= 0.6 is 22.7 Å². The smallest absolute Gasteiger partial charge is 0.338 e. The van der Waals surface area contributed by atoms with E-state index in [4.69, 9.17) is 4.74 Å². The number of allylic oxidation sites excluding steroid dienone is 2. The van der Waals surface area contributed by atoms with Crippen LogP contribution < -0.4 is 14.9 Å². The lowest BCUT2D eigenvalue weighted by atomic mass is 10.0. The number of rotatable bonds is 4. The van der Waals surface area contributed by atoms with E-state index in [0.29, 0.717) is 20.6 Å². The fourth-order valence-electron chi connectivity index (χ4n) is 3.47. The number of esters is 1. The number of ether oxygens (including phenoxy) is 1. The molecule has 0 bridgehead atoms. The van der Waals surface area contributed by atoms with Gasteiger partial charge in [0, 0.05) is 4.88 Å². The van der Waals surface area contributed by atoms with Crippen molar-refractivity contribution in [3.63, 3.8) is 0 Å². The van der Waals surface area contributed by atoms with Gasteiger partial charge in [-0.3, -0.25) is 9.36 Å². The summed E-state index contributed by atoms with van der Waals surface area (Å²) in [6.07, 6.45) is 3.90. The van der Waals surface area contributed by atoms with E-state index in [-0.39, 0.29) is 5.56 Å². The third-order valence-corrected chi connectivity index (χ3v) is 6.70. The van der Waals surface area contributed by atoms with E-state index >= 15 is 0 Å². The number of aromatic nitrogens is 1. The topological polar surface area (TPSA) is 60.7 Å². The Labute approximate surface area is 181 Å². The molecule has 0 saturated heterocycles. The average molecular weight is 437 g/mol. The number of thiophene rings is 1. The van der Waals surface area contributed by atoms with E-state index in [1.165, 1.54) is 29.8 Å². The van der Waals surface area contributed by atoms with Crippen molar-refractivity contribution in [3.8, 4) is 0 Å². The van der Waals surface area contributed by atoms with Gasteiger partial charge in [0.1, 0.15) is 6.04 Å². The molecule has 0 saturated carbocycles. The standard InChI is InChI=1S/C23H20N2O3S2/c1-14(12-16-8-5-4-6-9-16)13-18-21(26)25-20(17-10-7-11-29-17)19(22(27)28-3)15(2)24-23(25)30-18/h4-13,20H,1-3H3. The molecule has 1 unspecified atom stereocenters. The van der Waals surface area contributed by atoms with Crippen molar-refractivity contribution in [1.29, 1.82) is 0 Å². The molecule has 1 aromatic carbocycles. The summed E-state index contributed by atoms with van der Waals surface area (Å²) in [7, 11) is 1.34. The summed E-state index contributed by atoms with van der Waals surface area (Å²) in [6, 6.07) is 13.3. The minimum absolute atomic E-state index is 0.160. The average Bonchev–Trinajstić information content (AvgIpc) is 3.36. The second-order valence-corrected chi connectivity index (χ2v) is 8.88. The molecule has 1 aliphatic rings. The van der Waals surface area contributed by atoms with Crippen molar-refractivity contribution in [3.05, 3.63) is 94.8 Å². The highest BCUT2D eigenvalue weighted by Gasteiger charge is 2.33. The van der Waals surface area contributed by atoms with E-state index < -0.39 is 12.0 Å². The van der Waals surface area contributed by atoms with Crippen LogP contribution in [-0.2, 0) is 9.53 Å². The van der Waals surface area contributed by atoms with Gasteiger partial charge in [0.25, 0.3) is 5.56 Å². The number of hydrogen-bond donors (Lipinski definition) is 0. The first-order chi connectivity index (χ1) is 14.5. The summed E-state index contributed by atoms with van der Waals surface area (Å²) in [5, 5.41) is 1.93. The Bertz CT molecular complexity index is 1330. The van der Waals surface area contributed by atoms with Crippen molar-refractivity contribution in [2.75, 3.05) is 7.11 Å². The Balaban J connectivity index is 1.89. The molecule has 1 aliphatic heterocycles. The number of thiazole rings is 1. The third kappa shape index (κ3) is 3.74. The zero-order valence-electron chi connectivity index (χ0n) is 16.8. The minimum atomic E-state index is -0.533. The fourth-order valence-corrected chi connectivity index (χ4v) is 5.39. The highest BCUT2D eigenvalue weighted by atomic mass is 32.1. The van der Waals surface area contributed by atoms with E-state index in [2.05, 4.69) is 4.99 Å². The number of carbonyl (C=O) groups excluding carboxylic acids is 1. The molecule has 7 heteroatoms. The summed E-state index contributed by atoms with van der Waals surface area (Å²) in [4.78, 5) is 31.9. The van der Waals surface area contributed by atoms with Crippen LogP contribution in [0.25, 0.3) is 12.2 Å². The Morgan fingerprint density at radius 1 is 1.20 bits per heavy atom.